The molecule has 0 saturated carbocycles. The van der Waals surface area contributed by atoms with Crippen LogP contribution in [0.4, 0.5) is 5.00 Å². The van der Waals surface area contributed by atoms with Gasteiger partial charge in [0, 0.05) is 20.2 Å². The van der Waals surface area contributed by atoms with Gasteiger partial charge in [0.1, 0.15) is 5.00 Å². The third-order valence-electron chi connectivity index (χ3n) is 4.30. The highest BCUT2D eigenvalue weighted by molar-refractivity contribution is 7.18. The zero-order valence-corrected chi connectivity index (χ0v) is 19.2. The maximum atomic E-state index is 12.5. The number of amides is 2. The Balaban J connectivity index is 2.31. The lowest BCUT2D eigenvalue weighted by Crippen LogP contribution is -2.21. The molecule has 0 fully saturated rings. The van der Waals surface area contributed by atoms with Gasteiger partial charge >= 0.3 is 5.97 Å². The Hall–Kier alpha value is -3.33. The summed E-state index contributed by atoms with van der Waals surface area (Å²) in [5, 5.41) is 2.96. The van der Waals surface area contributed by atoms with E-state index in [0.29, 0.717) is 21.9 Å². The Labute approximate surface area is 185 Å². The van der Waals surface area contributed by atoms with E-state index < -0.39 is 11.9 Å². The number of carbonyl (C=O) groups is 3. The van der Waals surface area contributed by atoms with E-state index in [1.807, 2.05) is 0 Å². The van der Waals surface area contributed by atoms with Gasteiger partial charge in [-0.2, -0.15) is 0 Å². The molecule has 2 rings (SSSR count). The van der Waals surface area contributed by atoms with Crippen molar-refractivity contribution in [3.8, 4) is 11.5 Å². The van der Waals surface area contributed by atoms with Crippen LogP contribution in [0.2, 0.25) is 0 Å². The number of hydrogen-bond acceptors (Lipinski definition) is 7. The van der Waals surface area contributed by atoms with Gasteiger partial charge in [-0.1, -0.05) is 6.07 Å². The van der Waals surface area contributed by atoms with Gasteiger partial charge < -0.3 is 24.4 Å². The van der Waals surface area contributed by atoms with Crippen LogP contribution < -0.4 is 14.8 Å². The molecule has 166 valence electrons. The van der Waals surface area contributed by atoms with E-state index in [-0.39, 0.29) is 23.1 Å². The summed E-state index contributed by atoms with van der Waals surface area (Å²) in [6.07, 6.45) is 2.94. The van der Waals surface area contributed by atoms with Crippen LogP contribution in [0.25, 0.3) is 6.08 Å². The Morgan fingerprint density at radius 2 is 1.81 bits per heavy atom. The van der Waals surface area contributed by atoms with Crippen molar-refractivity contribution in [2.75, 3.05) is 40.2 Å². The number of nitrogens with one attached hydrogen (secondary N) is 1. The average molecular weight is 447 g/mol. The van der Waals surface area contributed by atoms with Crippen LogP contribution >= 0.6 is 11.3 Å². The minimum atomic E-state index is -0.590. The summed E-state index contributed by atoms with van der Waals surface area (Å²) < 4.78 is 15.6. The normalized spacial score (nSPS) is 10.6. The summed E-state index contributed by atoms with van der Waals surface area (Å²) in [5.41, 5.74) is 1.38. The average Bonchev–Trinajstić information content (AvgIpc) is 3.06. The molecule has 1 aromatic heterocycles. The molecule has 0 unspecified atom stereocenters. The van der Waals surface area contributed by atoms with Crippen molar-refractivity contribution in [3.63, 3.8) is 0 Å². The summed E-state index contributed by atoms with van der Waals surface area (Å²) in [4.78, 5) is 39.2. The minimum Gasteiger partial charge on any atom is -0.493 e. The second-order valence-corrected chi connectivity index (χ2v) is 7.64. The molecule has 2 aromatic rings. The molecular formula is C22H26N2O6S. The van der Waals surface area contributed by atoms with Crippen molar-refractivity contribution in [1.82, 2.24) is 4.90 Å². The van der Waals surface area contributed by atoms with Crippen molar-refractivity contribution in [1.29, 1.82) is 0 Å². The fraction of sp³-hybridized carbons (Fsp3) is 0.318. The molecule has 0 aliphatic rings. The molecule has 2 amide bonds. The van der Waals surface area contributed by atoms with Gasteiger partial charge in [0.15, 0.2) is 11.5 Å². The van der Waals surface area contributed by atoms with Crippen LogP contribution in [-0.4, -0.2) is 57.6 Å². The number of rotatable bonds is 8. The largest absolute Gasteiger partial charge is 0.493 e. The number of hydrogen-bond donors (Lipinski definition) is 1. The summed E-state index contributed by atoms with van der Waals surface area (Å²) in [6, 6.07) is 5.24. The second kappa shape index (κ2) is 10.6. The maximum Gasteiger partial charge on any atom is 0.341 e. The Morgan fingerprint density at radius 1 is 1.13 bits per heavy atom. The molecule has 0 aliphatic heterocycles. The molecule has 1 aromatic carbocycles. The van der Waals surface area contributed by atoms with Gasteiger partial charge in [0.2, 0.25) is 5.91 Å². The lowest BCUT2D eigenvalue weighted by atomic mass is 10.1. The second-order valence-electron chi connectivity index (χ2n) is 6.62. The zero-order chi connectivity index (χ0) is 23.1. The third-order valence-corrected chi connectivity index (χ3v) is 5.49. The van der Waals surface area contributed by atoms with Gasteiger partial charge in [-0.3, -0.25) is 9.59 Å². The first-order chi connectivity index (χ1) is 14.7. The molecule has 0 saturated heterocycles. The maximum absolute atomic E-state index is 12.5. The highest BCUT2D eigenvalue weighted by Crippen LogP contribution is 2.34. The van der Waals surface area contributed by atoms with E-state index in [0.717, 1.165) is 16.9 Å². The highest BCUT2D eigenvalue weighted by atomic mass is 32.1. The van der Waals surface area contributed by atoms with E-state index in [2.05, 4.69) is 5.32 Å². The molecule has 0 bridgehead atoms. The van der Waals surface area contributed by atoms with E-state index in [1.165, 1.54) is 18.1 Å². The van der Waals surface area contributed by atoms with Crippen LogP contribution in [0.1, 0.15) is 38.1 Å². The summed E-state index contributed by atoms with van der Waals surface area (Å²) in [7, 11) is 6.31. The molecule has 1 heterocycles. The first-order valence-corrected chi connectivity index (χ1v) is 10.3. The first kappa shape index (κ1) is 23.9. The van der Waals surface area contributed by atoms with Crippen LogP contribution in [-0.2, 0) is 9.53 Å². The predicted molar refractivity (Wildman–Crippen MR) is 120 cm³/mol. The Morgan fingerprint density at radius 3 is 2.39 bits per heavy atom. The molecule has 9 heteroatoms. The number of carbonyl (C=O) groups excluding carboxylic acids is 3. The fourth-order valence-corrected chi connectivity index (χ4v) is 3.96. The van der Waals surface area contributed by atoms with E-state index in [1.54, 1.807) is 59.3 Å². The lowest BCUT2D eigenvalue weighted by molar-refractivity contribution is -0.111. The molecule has 0 atom stereocenters. The topological polar surface area (TPSA) is 94.2 Å². The van der Waals surface area contributed by atoms with Gasteiger partial charge in [0.05, 0.1) is 31.3 Å². The number of benzene rings is 1. The molecule has 8 nitrogen and oxygen atoms in total. The monoisotopic (exact) mass is 446 g/mol. The lowest BCUT2D eigenvalue weighted by Gasteiger charge is -2.09. The fourth-order valence-electron chi connectivity index (χ4n) is 2.74. The van der Waals surface area contributed by atoms with E-state index in [9.17, 15) is 14.4 Å². The summed E-state index contributed by atoms with van der Waals surface area (Å²) in [5.74, 6) is -0.182. The number of ether oxygens (including phenoxy) is 3. The van der Waals surface area contributed by atoms with Crippen LogP contribution in [0.3, 0.4) is 0 Å². The third kappa shape index (κ3) is 5.64. The first-order valence-electron chi connectivity index (χ1n) is 9.46. The van der Waals surface area contributed by atoms with Gasteiger partial charge in [-0.05, 0) is 43.2 Å². The quantitative estimate of drug-likeness (QED) is 0.492. The zero-order valence-electron chi connectivity index (χ0n) is 18.4. The van der Waals surface area contributed by atoms with E-state index in [4.69, 9.17) is 14.2 Å². The van der Waals surface area contributed by atoms with Crippen molar-refractivity contribution < 1.29 is 28.6 Å². The number of nitrogens with zero attached hydrogens (tertiary/aromatic N) is 1. The molecule has 0 radical (unpaired) electrons. The number of thiophene rings is 1. The van der Waals surface area contributed by atoms with Gasteiger partial charge in [-0.15, -0.1) is 11.3 Å². The molecule has 31 heavy (non-hydrogen) atoms. The van der Waals surface area contributed by atoms with Crippen molar-refractivity contribution in [3.05, 3.63) is 45.8 Å². The predicted octanol–water partition coefficient (Wildman–Crippen LogP) is 3.60. The highest BCUT2D eigenvalue weighted by Gasteiger charge is 2.27. The molecule has 0 spiro atoms. The van der Waals surface area contributed by atoms with Crippen LogP contribution in [0.15, 0.2) is 24.3 Å². The SMILES string of the molecule is CCOC(=O)c1c(NC(=O)/C=C/c2ccc(OC)c(OC)c2)sc(C(=O)N(C)C)c1C. The minimum absolute atomic E-state index is 0.178. The van der Waals surface area contributed by atoms with Gasteiger partial charge in [0.25, 0.3) is 5.91 Å². The van der Waals surface area contributed by atoms with Crippen molar-refractivity contribution in [2.45, 2.75) is 13.8 Å². The van der Waals surface area contributed by atoms with Crippen LogP contribution in [0, 0.1) is 6.92 Å². The number of methoxy groups -OCH3 is 2. The Kier molecular flexibility index (Phi) is 8.21. The smallest absolute Gasteiger partial charge is 0.341 e. The van der Waals surface area contributed by atoms with Gasteiger partial charge in [-0.25, -0.2) is 4.79 Å². The number of anilines is 1. The Bertz CT molecular complexity index is 1010. The summed E-state index contributed by atoms with van der Waals surface area (Å²) in [6.45, 7) is 3.53. The van der Waals surface area contributed by atoms with E-state index >= 15 is 0 Å². The molecular weight excluding hydrogens is 420 g/mol. The molecule has 0 aliphatic carbocycles. The van der Waals surface area contributed by atoms with Crippen LogP contribution in [0.5, 0.6) is 11.5 Å². The molecule has 1 N–H and O–H groups in total. The van der Waals surface area contributed by atoms with Crippen molar-refractivity contribution in [2.24, 2.45) is 0 Å². The standard InChI is InChI=1S/C22H26N2O6S/c1-7-30-22(27)18-13(2)19(21(26)24(3)4)31-20(18)23-17(25)11-9-14-8-10-15(28-5)16(12-14)29-6/h8-12H,7H2,1-6H3,(H,23,25)/b11-9+. The van der Waals surface area contributed by atoms with Crippen molar-refractivity contribution >= 4 is 40.2 Å². The number of esters is 1. The summed E-state index contributed by atoms with van der Waals surface area (Å²) >= 11 is 1.04.